The molecule has 2 N–H and O–H groups in total. The van der Waals surface area contributed by atoms with Crippen molar-refractivity contribution in [3.05, 3.63) is 80.8 Å². The molecule has 0 saturated carbocycles. The van der Waals surface area contributed by atoms with Crippen molar-refractivity contribution >= 4 is 54.6 Å². The highest BCUT2D eigenvalue weighted by molar-refractivity contribution is 7.93. The normalized spacial score (nSPS) is 11.9. The number of halogens is 2. The van der Waals surface area contributed by atoms with Crippen LogP contribution in [0.2, 0.25) is 10.0 Å². The Labute approximate surface area is 198 Å². The van der Waals surface area contributed by atoms with Gasteiger partial charge in [0.2, 0.25) is 0 Å². The predicted molar refractivity (Wildman–Crippen MR) is 130 cm³/mol. The molecule has 0 radical (unpaired) electrons. The summed E-state index contributed by atoms with van der Waals surface area (Å²) in [5.41, 5.74) is 3.60. The van der Waals surface area contributed by atoms with Crippen LogP contribution in [0.5, 0.6) is 0 Å². The molecule has 0 amide bonds. The van der Waals surface area contributed by atoms with Gasteiger partial charge in [0.25, 0.3) is 20.0 Å². The molecule has 3 aromatic rings. The SMILES string of the molecule is Cc1cc(C)c(C)c(S(=O)(=O)Nc2ccc(S(=O)(=O)Nc3ccc(Cl)c(Cl)c3)cc2)c1C. The molecule has 3 rings (SSSR count). The first kappa shape index (κ1) is 24.4. The molecule has 0 fully saturated rings. The molecule has 10 heteroatoms. The maximum absolute atomic E-state index is 13.1. The summed E-state index contributed by atoms with van der Waals surface area (Å²) in [6.07, 6.45) is 0. The Morgan fingerprint density at radius 3 is 1.66 bits per heavy atom. The maximum atomic E-state index is 13.1. The Balaban J connectivity index is 1.86. The van der Waals surface area contributed by atoms with Gasteiger partial charge in [-0.1, -0.05) is 29.3 Å². The van der Waals surface area contributed by atoms with Gasteiger partial charge in [0.05, 0.1) is 25.5 Å². The minimum absolute atomic E-state index is 0.0368. The summed E-state index contributed by atoms with van der Waals surface area (Å²) in [5, 5.41) is 0.522. The fourth-order valence-corrected chi connectivity index (χ4v) is 6.29. The number of anilines is 2. The van der Waals surface area contributed by atoms with Crippen molar-refractivity contribution in [1.29, 1.82) is 0 Å². The molecule has 0 aliphatic carbocycles. The van der Waals surface area contributed by atoms with Crippen molar-refractivity contribution in [3.8, 4) is 0 Å². The number of sulfonamides is 2. The number of hydrogen-bond acceptors (Lipinski definition) is 4. The van der Waals surface area contributed by atoms with E-state index in [1.807, 2.05) is 19.9 Å². The van der Waals surface area contributed by atoms with E-state index in [2.05, 4.69) is 9.44 Å². The molecule has 0 aliphatic rings. The van der Waals surface area contributed by atoms with Gasteiger partial charge in [-0.05, 0) is 92.4 Å². The summed E-state index contributed by atoms with van der Waals surface area (Å²) >= 11 is 11.8. The number of benzene rings is 3. The van der Waals surface area contributed by atoms with Gasteiger partial charge in [0.1, 0.15) is 0 Å². The Hall–Kier alpha value is -2.26. The molecule has 0 bridgehead atoms. The Kier molecular flexibility index (Phi) is 6.81. The lowest BCUT2D eigenvalue weighted by Gasteiger charge is -2.17. The largest absolute Gasteiger partial charge is 0.280 e. The van der Waals surface area contributed by atoms with E-state index in [0.29, 0.717) is 16.1 Å². The van der Waals surface area contributed by atoms with Crippen LogP contribution in [0.25, 0.3) is 0 Å². The highest BCUT2D eigenvalue weighted by Crippen LogP contribution is 2.29. The fourth-order valence-electron chi connectivity index (χ4n) is 3.27. The summed E-state index contributed by atoms with van der Waals surface area (Å²) in [7, 11) is -7.78. The number of rotatable bonds is 6. The third kappa shape index (κ3) is 5.04. The summed E-state index contributed by atoms with van der Waals surface area (Å²) < 4.78 is 56.4. The average Bonchev–Trinajstić information content (AvgIpc) is 2.69. The summed E-state index contributed by atoms with van der Waals surface area (Å²) in [5.74, 6) is 0. The van der Waals surface area contributed by atoms with Gasteiger partial charge in [-0.25, -0.2) is 16.8 Å². The molecule has 0 aliphatic heterocycles. The second kappa shape index (κ2) is 8.94. The van der Waals surface area contributed by atoms with Crippen LogP contribution in [0.15, 0.2) is 58.3 Å². The summed E-state index contributed by atoms with van der Waals surface area (Å²) in [6.45, 7) is 7.25. The summed E-state index contributed by atoms with van der Waals surface area (Å²) in [4.78, 5) is 0.193. The molecule has 0 heterocycles. The zero-order valence-corrected chi connectivity index (χ0v) is 21.0. The van der Waals surface area contributed by atoms with E-state index < -0.39 is 20.0 Å². The van der Waals surface area contributed by atoms with E-state index in [-0.39, 0.29) is 26.2 Å². The lowest BCUT2D eigenvalue weighted by Crippen LogP contribution is -2.17. The first-order valence-electron chi connectivity index (χ1n) is 9.50. The van der Waals surface area contributed by atoms with E-state index in [1.165, 1.54) is 42.5 Å². The molecule has 0 atom stereocenters. The highest BCUT2D eigenvalue weighted by atomic mass is 35.5. The number of hydrogen-bond donors (Lipinski definition) is 2. The molecule has 0 aromatic heterocycles. The number of aryl methyl sites for hydroxylation is 2. The van der Waals surface area contributed by atoms with Crippen LogP contribution in [0.1, 0.15) is 22.3 Å². The second-order valence-corrected chi connectivity index (χ2v) is 11.6. The molecule has 0 unspecified atom stereocenters. The number of nitrogens with one attached hydrogen (secondary N) is 2. The first-order valence-corrected chi connectivity index (χ1v) is 13.2. The molecule has 3 aromatic carbocycles. The average molecular weight is 513 g/mol. The van der Waals surface area contributed by atoms with Crippen LogP contribution in [0.3, 0.4) is 0 Å². The topological polar surface area (TPSA) is 92.3 Å². The predicted octanol–water partition coefficient (Wildman–Crippen LogP) is 5.83. The van der Waals surface area contributed by atoms with Crippen molar-refractivity contribution in [2.24, 2.45) is 0 Å². The van der Waals surface area contributed by atoms with Crippen molar-refractivity contribution in [1.82, 2.24) is 0 Å². The molecule has 32 heavy (non-hydrogen) atoms. The van der Waals surface area contributed by atoms with E-state index >= 15 is 0 Å². The van der Waals surface area contributed by atoms with Crippen LogP contribution < -0.4 is 9.44 Å². The van der Waals surface area contributed by atoms with Crippen LogP contribution in [-0.2, 0) is 20.0 Å². The zero-order chi connectivity index (χ0) is 23.8. The van der Waals surface area contributed by atoms with E-state index in [9.17, 15) is 16.8 Å². The Morgan fingerprint density at radius 2 is 1.12 bits per heavy atom. The van der Waals surface area contributed by atoms with Crippen LogP contribution in [0.4, 0.5) is 11.4 Å². The van der Waals surface area contributed by atoms with Crippen molar-refractivity contribution < 1.29 is 16.8 Å². The second-order valence-electron chi connectivity index (χ2n) is 7.45. The molecule has 0 saturated heterocycles. The van der Waals surface area contributed by atoms with Crippen LogP contribution in [0, 0.1) is 27.7 Å². The van der Waals surface area contributed by atoms with Gasteiger partial charge in [-0.2, -0.15) is 0 Å². The maximum Gasteiger partial charge on any atom is 0.262 e. The quantitative estimate of drug-likeness (QED) is 0.434. The Bertz CT molecular complexity index is 1380. The molecule has 0 spiro atoms. The van der Waals surface area contributed by atoms with E-state index in [1.54, 1.807) is 13.8 Å². The Morgan fingerprint density at radius 1 is 0.625 bits per heavy atom. The molecule has 170 valence electrons. The molecular weight excluding hydrogens is 491 g/mol. The lowest BCUT2D eigenvalue weighted by molar-refractivity contribution is 0.599. The van der Waals surface area contributed by atoms with Crippen molar-refractivity contribution in [3.63, 3.8) is 0 Å². The zero-order valence-electron chi connectivity index (χ0n) is 17.8. The van der Waals surface area contributed by atoms with Gasteiger partial charge in [-0.15, -0.1) is 0 Å². The smallest absolute Gasteiger partial charge is 0.262 e. The fraction of sp³-hybridized carbons (Fsp3) is 0.182. The van der Waals surface area contributed by atoms with Gasteiger partial charge in [-0.3, -0.25) is 9.44 Å². The third-order valence-electron chi connectivity index (χ3n) is 5.15. The third-order valence-corrected chi connectivity index (χ3v) is 8.95. The van der Waals surface area contributed by atoms with Gasteiger partial charge in [0.15, 0.2) is 0 Å². The molecule has 6 nitrogen and oxygen atoms in total. The minimum atomic E-state index is -3.91. The first-order chi connectivity index (χ1) is 14.8. The minimum Gasteiger partial charge on any atom is -0.280 e. The lowest BCUT2D eigenvalue weighted by atomic mass is 10.0. The van der Waals surface area contributed by atoms with Crippen molar-refractivity contribution in [2.45, 2.75) is 37.5 Å². The standard InChI is InChI=1S/C22H22Cl2N2O4S2/c1-13-11-14(2)16(4)22(15(13)3)32(29,30)25-17-5-8-19(9-6-17)31(27,28)26-18-7-10-20(23)21(24)12-18/h5-12,25-26H,1-4H3. The van der Waals surface area contributed by atoms with Gasteiger partial charge < -0.3 is 0 Å². The van der Waals surface area contributed by atoms with E-state index in [4.69, 9.17) is 23.2 Å². The van der Waals surface area contributed by atoms with E-state index in [0.717, 1.165) is 11.1 Å². The van der Waals surface area contributed by atoms with Gasteiger partial charge in [0, 0.05) is 5.69 Å². The van der Waals surface area contributed by atoms with Gasteiger partial charge >= 0.3 is 0 Å². The summed E-state index contributed by atoms with van der Waals surface area (Å²) in [6, 6.07) is 11.8. The van der Waals surface area contributed by atoms with Crippen LogP contribution >= 0.6 is 23.2 Å². The van der Waals surface area contributed by atoms with Crippen LogP contribution in [-0.4, -0.2) is 16.8 Å². The molecular formula is C22H22Cl2N2O4S2. The monoisotopic (exact) mass is 512 g/mol. The highest BCUT2D eigenvalue weighted by Gasteiger charge is 2.23. The van der Waals surface area contributed by atoms with Crippen molar-refractivity contribution in [2.75, 3.05) is 9.44 Å².